The number of rotatable bonds is 4. The Morgan fingerprint density at radius 2 is 1.50 bits per heavy atom. The van der Waals surface area contributed by atoms with E-state index >= 15 is 0 Å². The van der Waals surface area contributed by atoms with Crippen molar-refractivity contribution in [1.29, 1.82) is 0 Å². The van der Waals surface area contributed by atoms with Crippen LogP contribution in [-0.2, 0) is 6.42 Å². The molecule has 0 aromatic heterocycles. The number of Topliss-reactive ketones (excluding diaryl/α,β-unsaturated/α-hetero) is 1. The first-order chi connectivity index (χ1) is 9.56. The number of carbonyl (C=O) groups excluding carboxylic acids is 1. The molecule has 20 heavy (non-hydrogen) atoms. The van der Waals surface area contributed by atoms with Crippen molar-refractivity contribution in [2.24, 2.45) is 0 Å². The van der Waals surface area contributed by atoms with Crippen molar-refractivity contribution in [3.8, 4) is 17.2 Å². The Morgan fingerprint density at radius 1 is 0.900 bits per heavy atom. The van der Waals surface area contributed by atoms with Crippen molar-refractivity contribution in [2.75, 3.05) is 21.3 Å². The second-order valence-electron chi connectivity index (χ2n) is 5.30. The van der Waals surface area contributed by atoms with Gasteiger partial charge in [-0.05, 0) is 18.8 Å². The van der Waals surface area contributed by atoms with Gasteiger partial charge in [0.15, 0.2) is 17.3 Å². The molecule has 2 rings (SSSR count). The van der Waals surface area contributed by atoms with Crippen molar-refractivity contribution in [2.45, 2.75) is 39.0 Å². The highest BCUT2D eigenvalue weighted by atomic mass is 16.5. The highest BCUT2D eigenvalue weighted by Gasteiger charge is 2.32. The molecule has 1 aliphatic carbocycles. The number of fused-ring (bicyclic) bond motifs is 1. The number of ketones is 1. The molecular formula is C16H22O4. The van der Waals surface area contributed by atoms with E-state index in [9.17, 15) is 4.79 Å². The summed E-state index contributed by atoms with van der Waals surface area (Å²) in [5.41, 5.74) is 2.50. The molecule has 0 aliphatic heterocycles. The van der Waals surface area contributed by atoms with Crippen molar-refractivity contribution >= 4 is 5.78 Å². The summed E-state index contributed by atoms with van der Waals surface area (Å²) < 4.78 is 16.7. The molecule has 0 saturated heterocycles. The maximum Gasteiger partial charge on any atom is 0.168 e. The Hall–Kier alpha value is -1.71. The quantitative estimate of drug-likeness (QED) is 0.847. The lowest BCUT2D eigenvalue weighted by molar-refractivity contribution is 0.0968. The Balaban J connectivity index is 2.87. The average molecular weight is 278 g/mol. The fraction of sp³-hybridized carbons (Fsp3) is 0.562. The fourth-order valence-corrected chi connectivity index (χ4v) is 2.99. The number of hydrogen-bond acceptors (Lipinski definition) is 4. The van der Waals surface area contributed by atoms with E-state index in [0.717, 1.165) is 24.0 Å². The van der Waals surface area contributed by atoms with Gasteiger partial charge in [-0.25, -0.2) is 0 Å². The Kier molecular flexibility index (Phi) is 4.21. The lowest BCUT2D eigenvalue weighted by Gasteiger charge is -2.27. The first-order valence-electron chi connectivity index (χ1n) is 6.94. The molecule has 0 saturated carbocycles. The molecule has 4 nitrogen and oxygen atoms in total. The Bertz CT molecular complexity index is 532. The largest absolute Gasteiger partial charge is 0.496 e. The van der Waals surface area contributed by atoms with Gasteiger partial charge in [-0.3, -0.25) is 4.79 Å². The van der Waals surface area contributed by atoms with Gasteiger partial charge < -0.3 is 14.2 Å². The van der Waals surface area contributed by atoms with Crippen LogP contribution >= 0.6 is 0 Å². The second kappa shape index (κ2) is 5.73. The molecule has 0 fully saturated rings. The van der Waals surface area contributed by atoms with Crippen LogP contribution in [0.25, 0.3) is 0 Å². The topological polar surface area (TPSA) is 44.8 Å². The van der Waals surface area contributed by atoms with Crippen molar-refractivity contribution in [1.82, 2.24) is 0 Å². The smallest absolute Gasteiger partial charge is 0.168 e. The summed E-state index contributed by atoms with van der Waals surface area (Å²) in [6, 6.07) is 0. The summed E-state index contributed by atoms with van der Waals surface area (Å²) in [4.78, 5) is 12.3. The average Bonchev–Trinajstić information content (AvgIpc) is 2.44. The minimum atomic E-state index is 0.131. The van der Waals surface area contributed by atoms with E-state index in [2.05, 4.69) is 13.8 Å². The molecule has 0 radical (unpaired) electrons. The van der Waals surface area contributed by atoms with Gasteiger partial charge in [0.2, 0.25) is 0 Å². The third-order valence-electron chi connectivity index (χ3n) is 3.80. The number of methoxy groups -OCH3 is 3. The SMILES string of the molecule is COc1c2c(c(OC)c(C(C)C)c1OC)C(=O)CCC2. The molecule has 1 aromatic rings. The third kappa shape index (κ3) is 2.13. The van der Waals surface area contributed by atoms with Crippen LogP contribution in [0.1, 0.15) is 54.1 Å². The molecule has 0 heterocycles. The van der Waals surface area contributed by atoms with Crippen LogP contribution in [0.2, 0.25) is 0 Å². The molecule has 0 amide bonds. The molecule has 0 N–H and O–H groups in total. The van der Waals surface area contributed by atoms with Gasteiger partial charge >= 0.3 is 0 Å². The maximum atomic E-state index is 12.3. The fourth-order valence-electron chi connectivity index (χ4n) is 2.99. The van der Waals surface area contributed by atoms with Gasteiger partial charge in [0.05, 0.1) is 26.9 Å². The number of benzene rings is 1. The molecular weight excluding hydrogens is 256 g/mol. The predicted octanol–water partition coefficient (Wildman–Crippen LogP) is 3.35. The number of ether oxygens (including phenoxy) is 3. The first-order valence-corrected chi connectivity index (χ1v) is 6.94. The van der Waals surface area contributed by atoms with Crippen molar-refractivity contribution in [3.05, 3.63) is 16.7 Å². The molecule has 1 aromatic carbocycles. The Morgan fingerprint density at radius 3 is 2.00 bits per heavy atom. The van der Waals surface area contributed by atoms with E-state index in [4.69, 9.17) is 14.2 Å². The van der Waals surface area contributed by atoms with E-state index in [1.165, 1.54) is 0 Å². The predicted molar refractivity (Wildman–Crippen MR) is 77.5 cm³/mol. The zero-order valence-electron chi connectivity index (χ0n) is 12.8. The van der Waals surface area contributed by atoms with E-state index in [1.807, 2.05) is 0 Å². The Labute approximate surface area is 120 Å². The van der Waals surface area contributed by atoms with E-state index < -0.39 is 0 Å². The summed E-state index contributed by atoms with van der Waals surface area (Å²) in [7, 11) is 4.85. The summed E-state index contributed by atoms with van der Waals surface area (Å²) in [5.74, 6) is 2.32. The highest BCUT2D eigenvalue weighted by molar-refractivity contribution is 6.03. The minimum Gasteiger partial charge on any atom is -0.496 e. The van der Waals surface area contributed by atoms with Crippen molar-refractivity contribution in [3.63, 3.8) is 0 Å². The van der Waals surface area contributed by atoms with E-state index in [1.54, 1.807) is 21.3 Å². The van der Waals surface area contributed by atoms with Gasteiger partial charge in [-0.2, -0.15) is 0 Å². The van der Waals surface area contributed by atoms with Crippen LogP contribution in [0.5, 0.6) is 17.2 Å². The molecule has 4 heteroatoms. The van der Waals surface area contributed by atoms with Crippen LogP contribution < -0.4 is 14.2 Å². The highest BCUT2D eigenvalue weighted by Crippen LogP contribution is 2.49. The van der Waals surface area contributed by atoms with E-state index in [0.29, 0.717) is 29.2 Å². The monoisotopic (exact) mass is 278 g/mol. The normalized spacial score (nSPS) is 14.2. The number of carbonyl (C=O) groups is 1. The van der Waals surface area contributed by atoms with Gasteiger partial charge in [0.1, 0.15) is 5.75 Å². The summed E-state index contributed by atoms with van der Waals surface area (Å²) in [6.45, 7) is 4.11. The molecule has 1 aliphatic rings. The van der Waals surface area contributed by atoms with Crippen LogP contribution in [0.3, 0.4) is 0 Å². The van der Waals surface area contributed by atoms with Crippen LogP contribution in [0.15, 0.2) is 0 Å². The lowest BCUT2D eigenvalue weighted by Crippen LogP contribution is -2.17. The molecule has 0 atom stereocenters. The van der Waals surface area contributed by atoms with Crippen LogP contribution in [0.4, 0.5) is 0 Å². The molecule has 0 spiro atoms. The van der Waals surface area contributed by atoms with E-state index in [-0.39, 0.29) is 11.7 Å². The zero-order valence-corrected chi connectivity index (χ0v) is 12.8. The third-order valence-corrected chi connectivity index (χ3v) is 3.80. The zero-order chi connectivity index (χ0) is 14.9. The molecule has 0 unspecified atom stereocenters. The maximum absolute atomic E-state index is 12.3. The minimum absolute atomic E-state index is 0.131. The number of hydrogen-bond donors (Lipinski definition) is 0. The molecule has 110 valence electrons. The van der Waals surface area contributed by atoms with Gasteiger partial charge in [-0.15, -0.1) is 0 Å². The van der Waals surface area contributed by atoms with Gasteiger partial charge in [0, 0.05) is 17.5 Å². The second-order valence-corrected chi connectivity index (χ2v) is 5.30. The van der Waals surface area contributed by atoms with Crippen molar-refractivity contribution < 1.29 is 19.0 Å². The standard InChI is InChI=1S/C16H22O4/c1-9(2)12-15(19-4)13-10(7-6-8-11(13)17)14(18-3)16(12)20-5/h9H,6-8H2,1-5H3. The molecule has 0 bridgehead atoms. The van der Waals surface area contributed by atoms with Gasteiger partial charge in [-0.1, -0.05) is 13.8 Å². The summed E-state index contributed by atoms with van der Waals surface area (Å²) in [5, 5.41) is 0. The summed E-state index contributed by atoms with van der Waals surface area (Å²) >= 11 is 0. The first kappa shape index (κ1) is 14.7. The van der Waals surface area contributed by atoms with Crippen LogP contribution in [0, 0.1) is 0 Å². The van der Waals surface area contributed by atoms with Gasteiger partial charge in [0.25, 0.3) is 0 Å². The lowest BCUT2D eigenvalue weighted by atomic mass is 9.84. The van der Waals surface area contributed by atoms with Crippen LogP contribution in [-0.4, -0.2) is 27.1 Å². The summed E-state index contributed by atoms with van der Waals surface area (Å²) in [6.07, 6.45) is 2.22.